The Morgan fingerprint density at radius 3 is 2.68 bits per heavy atom. The van der Waals surface area contributed by atoms with Crippen molar-refractivity contribution in [3.63, 3.8) is 0 Å². The Balaban J connectivity index is 2.05. The van der Waals surface area contributed by atoms with Gasteiger partial charge in [0.1, 0.15) is 0 Å². The number of hydrogen-bond donors (Lipinski definition) is 2. The molecule has 2 N–H and O–H groups in total. The predicted molar refractivity (Wildman–Crippen MR) is 81.7 cm³/mol. The van der Waals surface area contributed by atoms with Crippen LogP contribution >= 0.6 is 11.8 Å². The topological polar surface area (TPSA) is 41.1 Å². The Labute approximate surface area is 119 Å². The minimum Gasteiger partial charge on any atom is -0.324 e. The van der Waals surface area contributed by atoms with Gasteiger partial charge < -0.3 is 10.6 Å². The molecular weight excluding hydrogens is 256 g/mol. The normalized spacial score (nSPS) is 22.4. The molecule has 2 rings (SSSR count). The third-order valence-corrected chi connectivity index (χ3v) is 4.45. The van der Waals surface area contributed by atoms with Gasteiger partial charge in [0.15, 0.2) is 0 Å². The average molecular weight is 278 g/mol. The van der Waals surface area contributed by atoms with Crippen LogP contribution in [0.5, 0.6) is 0 Å². The Morgan fingerprint density at radius 1 is 1.42 bits per heavy atom. The molecule has 0 spiro atoms. The maximum absolute atomic E-state index is 12.5. The zero-order chi connectivity index (χ0) is 13.7. The van der Waals surface area contributed by atoms with Crippen molar-refractivity contribution in [3.05, 3.63) is 24.3 Å². The van der Waals surface area contributed by atoms with Gasteiger partial charge in [-0.05, 0) is 56.3 Å². The van der Waals surface area contributed by atoms with Gasteiger partial charge >= 0.3 is 0 Å². The summed E-state index contributed by atoms with van der Waals surface area (Å²) < 4.78 is 0. The molecule has 1 aromatic rings. The van der Waals surface area contributed by atoms with Crippen molar-refractivity contribution < 1.29 is 4.79 Å². The fourth-order valence-electron chi connectivity index (χ4n) is 2.68. The molecule has 1 amide bonds. The van der Waals surface area contributed by atoms with Crippen LogP contribution in [0.3, 0.4) is 0 Å². The standard InChI is InChI=1S/C15H22N2OS/c1-3-9-15(10-4-11-16-15)14(18)17-12-5-7-13(19-2)8-6-12/h5-8,16H,3-4,9-11H2,1-2H3,(H,17,18). The number of carbonyl (C=O) groups is 1. The van der Waals surface area contributed by atoms with Crippen molar-refractivity contribution in [3.8, 4) is 0 Å². The molecule has 1 aromatic carbocycles. The summed E-state index contributed by atoms with van der Waals surface area (Å²) in [7, 11) is 0. The van der Waals surface area contributed by atoms with Crippen molar-refractivity contribution in [1.29, 1.82) is 0 Å². The first kappa shape index (κ1) is 14.4. The summed E-state index contributed by atoms with van der Waals surface area (Å²) in [6, 6.07) is 8.01. The molecule has 1 unspecified atom stereocenters. The lowest BCUT2D eigenvalue weighted by Crippen LogP contribution is -2.50. The molecule has 1 aliphatic rings. The Bertz CT molecular complexity index is 424. The van der Waals surface area contributed by atoms with Crippen LogP contribution < -0.4 is 10.6 Å². The zero-order valence-corrected chi connectivity index (χ0v) is 12.5. The maximum atomic E-state index is 12.5. The molecule has 0 saturated carbocycles. The van der Waals surface area contributed by atoms with E-state index in [9.17, 15) is 4.79 Å². The number of carbonyl (C=O) groups excluding carboxylic acids is 1. The van der Waals surface area contributed by atoms with Gasteiger partial charge in [-0.1, -0.05) is 13.3 Å². The van der Waals surface area contributed by atoms with E-state index in [1.54, 1.807) is 11.8 Å². The van der Waals surface area contributed by atoms with E-state index in [2.05, 4.69) is 17.6 Å². The monoisotopic (exact) mass is 278 g/mol. The van der Waals surface area contributed by atoms with Gasteiger partial charge in [-0.3, -0.25) is 4.79 Å². The van der Waals surface area contributed by atoms with E-state index in [0.29, 0.717) is 0 Å². The molecule has 19 heavy (non-hydrogen) atoms. The van der Waals surface area contributed by atoms with Crippen LogP contribution in [-0.4, -0.2) is 24.2 Å². The quantitative estimate of drug-likeness (QED) is 0.812. The fraction of sp³-hybridized carbons (Fsp3) is 0.533. The minimum atomic E-state index is -0.354. The smallest absolute Gasteiger partial charge is 0.244 e. The van der Waals surface area contributed by atoms with Crippen molar-refractivity contribution in [2.24, 2.45) is 0 Å². The second kappa shape index (κ2) is 6.44. The Morgan fingerprint density at radius 2 is 2.16 bits per heavy atom. The molecule has 0 aliphatic carbocycles. The lowest BCUT2D eigenvalue weighted by Gasteiger charge is -2.27. The highest BCUT2D eigenvalue weighted by molar-refractivity contribution is 7.98. The Hall–Kier alpha value is -1.00. The molecular formula is C15H22N2OS. The van der Waals surface area contributed by atoms with Crippen LogP contribution in [0.2, 0.25) is 0 Å². The van der Waals surface area contributed by atoms with Gasteiger partial charge in [0, 0.05) is 10.6 Å². The van der Waals surface area contributed by atoms with Gasteiger partial charge in [0.05, 0.1) is 5.54 Å². The van der Waals surface area contributed by atoms with Crippen molar-refractivity contribution in [1.82, 2.24) is 5.32 Å². The van der Waals surface area contributed by atoms with E-state index in [0.717, 1.165) is 37.9 Å². The van der Waals surface area contributed by atoms with Gasteiger partial charge in [-0.15, -0.1) is 11.8 Å². The summed E-state index contributed by atoms with van der Waals surface area (Å²) in [6.07, 6.45) is 5.99. The number of benzene rings is 1. The summed E-state index contributed by atoms with van der Waals surface area (Å²) in [5, 5.41) is 6.45. The molecule has 1 fully saturated rings. The van der Waals surface area contributed by atoms with Crippen molar-refractivity contribution in [2.45, 2.75) is 43.0 Å². The molecule has 1 aliphatic heterocycles. The first-order valence-electron chi connectivity index (χ1n) is 6.91. The number of thioether (sulfide) groups is 1. The number of amides is 1. The van der Waals surface area contributed by atoms with E-state index in [1.165, 1.54) is 4.90 Å². The number of anilines is 1. The zero-order valence-electron chi connectivity index (χ0n) is 11.7. The highest BCUT2D eigenvalue weighted by atomic mass is 32.2. The van der Waals surface area contributed by atoms with Crippen LogP contribution in [0.25, 0.3) is 0 Å². The summed E-state index contributed by atoms with van der Waals surface area (Å²) in [6.45, 7) is 3.07. The van der Waals surface area contributed by atoms with E-state index in [-0.39, 0.29) is 11.4 Å². The van der Waals surface area contributed by atoms with Crippen LogP contribution in [0.1, 0.15) is 32.6 Å². The van der Waals surface area contributed by atoms with Crippen molar-refractivity contribution in [2.75, 3.05) is 18.1 Å². The highest BCUT2D eigenvalue weighted by Gasteiger charge is 2.39. The van der Waals surface area contributed by atoms with E-state index in [1.807, 2.05) is 30.5 Å². The summed E-state index contributed by atoms with van der Waals surface area (Å²) in [4.78, 5) is 13.7. The van der Waals surface area contributed by atoms with E-state index < -0.39 is 0 Å². The van der Waals surface area contributed by atoms with Crippen molar-refractivity contribution >= 4 is 23.4 Å². The van der Waals surface area contributed by atoms with Gasteiger partial charge in [0.2, 0.25) is 5.91 Å². The third-order valence-electron chi connectivity index (χ3n) is 3.70. The van der Waals surface area contributed by atoms with Crippen LogP contribution in [0.4, 0.5) is 5.69 Å². The molecule has 1 heterocycles. The first-order valence-corrected chi connectivity index (χ1v) is 8.13. The summed E-state index contributed by atoms with van der Waals surface area (Å²) in [5.74, 6) is 0.115. The molecule has 3 nitrogen and oxygen atoms in total. The summed E-state index contributed by atoms with van der Waals surface area (Å²) in [5.41, 5.74) is 0.527. The van der Waals surface area contributed by atoms with Gasteiger partial charge in [0.25, 0.3) is 0 Å². The molecule has 0 radical (unpaired) electrons. The van der Waals surface area contributed by atoms with Gasteiger partial charge in [-0.25, -0.2) is 0 Å². The predicted octanol–water partition coefficient (Wildman–Crippen LogP) is 3.27. The molecule has 104 valence electrons. The average Bonchev–Trinajstić information content (AvgIpc) is 2.90. The van der Waals surface area contributed by atoms with E-state index >= 15 is 0 Å². The van der Waals surface area contributed by atoms with E-state index in [4.69, 9.17) is 0 Å². The second-order valence-electron chi connectivity index (χ2n) is 5.05. The van der Waals surface area contributed by atoms with Gasteiger partial charge in [-0.2, -0.15) is 0 Å². The molecule has 0 bridgehead atoms. The number of rotatable bonds is 5. The lowest BCUT2D eigenvalue weighted by molar-refractivity contribution is -0.122. The lowest BCUT2D eigenvalue weighted by atomic mass is 9.91. The molecule has 4 heteroatoms. The second-order valence-corrected chi connectivity index (χ2v) is 5.92. The number of hydrogen-bond acceptors (Lipinski definition) is 3. The molecule has 1 saturated heterocycles. The fourth-order valence-corrected chi connectivity index (χ4v) is 3.09. The maximum Gasteiger partial charge on any atom is 0.244 e. The third kappa shape index (κ3) is 3.31. The minimum absolute atomic E-state index is 0.115. The SMILES string of the molecule is CCCC1(C(=O)Nc2ccc(SC)cc2)CCCN1. The van der Waals surface area contributed by atoms with Crippen LogP contribution in [0, 0.1) is 0 Å². The first-order chi connectivity index (χ1) is 9.20. The highest BCUT2D eigenvalue weighted by Crippen LogP contribution is 2.27. The van der Waals surface area contributed by atoms with Crippen LogP contribution in [0.15, 0.2) is 29.2 Å². The molecule has 1 atom stereocenters. The van der Waals surface area contributed by atoms with Crippen LogP contribution in [-0.2, 0) is 4.79 Å². The number of nitrogens with one attached hydrogen (secondary N) is 2. The largest absolute Gasteiger partial charge is 0.324 e. The summed E-state index contributed by atoms with van der Waals surface area (Å²) >= 11 is 1.70. The molecule has 0 aromatic heterocycles. The Kier molecular flexibility index (Phi) is 4.88.